The zero-order chi connectivity index (χ0) is 12.8. The van der Waals surface area contributed by atoms with Crippen LogP contribution in [0.25, 0.3) is 0 Å². The smallest absolute Gasteiger partial charge is 0.306 e. The van der Waals surface area contributed by atoms with E-state index in [2.05, 4.69) is 9.98 Å². The van der Waals surface area contributed by atoms with Gasteiger partial charge in [0, 0.05) is 30.7 Å². The topological polar surface area (TPSA) is 62.5 Å². The minimum Gasteiger partial charge on any atom is -0.481 e. The van der Waals surface area contributed by atoms with Crippen molar-refractivity contribution in [3.05, 3.63) is 30.1 Å². The summed E-state index contributed by atoms with van der Waals surface area (Å²) < 4.78 is 0. The highest BCUT2D eigenvalue weighted by molar-refractivity contribution is 5.78. The van der Waals surface area contributed by atoms with Gasteiger partial charge in [0.1, 0.15) is 0 Å². The molecule has 1 saturated carbocycles. The second-order valence-corrected chi connectivity index (χ2v) is 4.84. The average Bonchev–Trinajstić information content (AvgIpc) is 2.40. The number of rotatable bonds is 4. The average molecular weight is 246 g/mol. The second-order valence-electron chi connectivity index (χ2n) is 4.84. The highest BCUT2D eigenvalue weighted by Crippen LogP contribution is 2.28. The Morgan fingerprint density at radius 1 is 1.44 bits per heavy atom. The van der Waals surface area contributed by atoms with Crippen molar-refractivity contribution in [2.75, 3.05) is 6.54 Å². The van der Waals surface area contributed by atoms with E-state index in [1.165, 1.54) is 0 Å². The van der Waals surface area contributed by atoms with E-state index in [1.54, 1.807) is 12.4 Å². The van der Waals surface area contributed by atoms with E-state index in [9.17, 15) is 4.79 Å². The Kier molecular flexibility index (Phi) is 4.45. The first-order chi connectivity index (χ1) is 8.75. The second kappa shape index (κ2) is 6.28. The lowest BCUT2D eigenvalue weighted by molar-refractivity contribution is -0.143. The summed E-state index contributed by atoms with van der Waals surface area (Å²) in [6, 6.07) is 3.86. The number of carbonyl (C=O) groups is 1. The third kappa shape index (κ3) is 3.65. The molecule has 0 spiro atoms. The summed E-state index contributed by atoms with van der Waals surface area (Å²) in [6.45, 7) is 0.793. The Morgan fingerprint density at radius 2 is 2.22 bits per heavy atom. The molecule has 4 nitrogen and oxygen atoms in total. The first kappa shape index (κ1) is 12.7. The molecule has 0 aliphatic heterocycles. The summed E-state index contributed by atoms with van der Waals surface area (Å²) in [5.74, 6) is -0.246. The van der Waals surface area contributed by atoms with Gasteiger partial charge < -0.3 is 5.11 Å². The fourth-order valence-electron chi connectivity index (χ4n) is 2.35. The fraction of sp³-hybridized carbons (Fsp3) is 0.500. The number of carboxylic acid groups (broad SMARTS) is 1. The zero-order valence-electron chi connectivity index (χ0n) is 10.3. The van der Waals surface area contributed by atoms with E-state index in [4.69, 9.17) is 5.11 Å². The molecule has 0 aromatic carbocycles. The van der Waals surface area contributed by atoms with Crippen LogP contribution >= 0.6 is 0 Å². The zero-order valence-corrected chi connectivity index (χ0v) is 10.3. The third-order valence-corrected chi connectivity index (χ3v) is 3.48. The van der Waals surface area contributed by atoms with Gasteiger partial charge in [-0.2, -0.15) is 0 Å². The standard InChI is InChI=1S/C14H18N2O2/c17-14(18)13-5-3-11(4-6-13)8-16-10-12-2-1-7-15-9-12/h1-2,7,9-11,13H,3-6,8H2,(H,17,18). The molecule has 0 unspecified atom stereocenters. The van der Waals surface area contributed by atoms with E-state index in [0.717, 1.165) is 37.8 Å². The van der Waals surface area contributed by atoms with E-state index in [0.29, 0.717) is 5.92 Å². The molecule has 0 saturated heterocycles. The van der Waals surface area contributed by atoms with Crippen molar-refractivity contribution < 1.29 is 9.90 Å². The molecule has 1 heterocycles. The predicted molar refractivity (Wildman–Crippen MR) is 69.8 cm³/mol. The van der Waals surface area contributed by atoms with Gasteiger partial charge in [-0.05, 0) is 37.7 Å². The van der Waals surface area contributed by atoms with Crippen LogP contribution in [0.2, 0.25) is 0 Å². The number of nitrogens with zero attached hydrogens (tertiary/aromatic N) is 2. The van der Waals surface area contributed by atoms with Crippen molar-refractivity contribution >= 4 is 12.2 Å². The number of carboxylic acids is 1. The van der Waals surface area contributed by atoms with Crippen LogP contribution in [0.4, 0.5) is 0 Å². The van der Waals surface area contributed by atoms with Gasteiger partial charge in [0.25, 0.3) is 0 Å². The summed E-state index contributed by atoms with van der Waals surface area (Å²) in [7, 11) is 0. The van der Waals surface area contributed by atoms with Crippen LogP contribution in [0, 0.1) is 11.8 Å². The Morgan fingerprint density at radius 3 is 2.83 bits per heavy atom. The lowest BCUT2D eigenvalue weighted by Crippen LogP contribution is -2.22. The van der Waals surface area contributed by atoms with Gasteiger partial charge >= 0.3 is 5.97 Å². The normalized spacial score (nSPS) is 24.2. The molecule has 1 aliphatic rings. The Balaban J connectivity index is 1.76. The Bertz CT molecular complexity index is 409. The van der Waals surface area contributed by atoms with Crippen molar-refractivity contribution in [1.82, 2.24) is 4.98 Å². The number of aliphatic carboxylic acids is 1. The molecular formula is C14H18N2O2. The monoisotopic (exact) mass is 246 g/mol. The van der Waals surface area contributed by atoms with Crippen LogP contribution in [0.15, 0.2) is 29.5 Å². The van der Waals surface area contributed by atoms with Crippen molar-refractivity contribution in [2.24, 2.45) is 16.8 Å². The first-order valence-electron chi connectivity index (χ1n) is 6.38. The van der Waals surface area contributed by atoms with Crippen LogP contribution in [0.1, 0.15) is 31.2 Å². The van der Waals surface area contributed by atoms with E-state index in [1.807, 2.05) is 18.3 Å². The lowest BCUT2D eigenvalue weighted by Gasteiger charge is -2.24. The summed E-state index contributed by atoms with van der Waals surface area (Å²) in [5, 5.41) is 8.91. The molecule has 4 heteroatoms. The van der Waals surface area contributed by atoms with Crippen LogP contribution in [-0.2, 0) is 4.79 Å². The number of hydrogen-bond donors (Lipinski definition) is 1. The molecule has 0 amide bonds. The van der Waals surface area contributed by atoms with Crippen LogP contribution in [0.3, 0.4) is 0 Å². The molecule has 0 atom stereocenters. The van der Waals surface area contributed by atoms with Gasteiger partial charge in [-0.25, -0.2) is 0 Å². The maximum Gasteiger partial charge on any atom is 0.306 e. The molecule has 96 valence electrons. The number of hydrogen-bond acceptors (Lipinski definition) is 3. The van der Waals surface area contributed by atoms with Crippen molar-refractivity contribution in [3.63, 3.8) is 0 Å². The van der Waals surface area contributed by atoms with Crippen LogP contribution in [-0.4, -0.2) is 28.8 Å². The van der Waals surface area contributed by atoms with Crippen molar-refractivity contribution in [1.29, 1.82) is 0 Å². The van der Waals surface area contributed by atoms with Gasteiger partial charge in [-0.1, -0.05) is 6.07 Å². The number of aliphatic imine (C=N–C) groups is 1. The molecule has 2 rings (SSSR count). The molecule has 0 bridgehead atoms. The van der Waals surface area contributed by atoms with Gasteiger partial charge in [0.15, 0.2) is 0 Å². The first-order valence-corrected chi connectivity index (χ1v) is 6.38. The highest BCUT2D eigenvalue weighted by Gasteiger charge is 2.25. The fourth-order valence-corrected chi connectivity index (χ4v) is 2.35. The van der Waals surface area contributed by atoms with Gasteiger partial charge in [0.2, 0.25) is 0 Å². The number of pyridine rings is 1. The van der Waals surface area contributed by atoms with Crippen molar-refractivity contribution in [3.8, 4) is 0 Å². The molecule has 1 aromatic rings. The number of aromatic nitrogens is 1. The minimum absolute atomic E-state index is 0.136. The molecule has 1 N–H and O–H groups in total. The van der Waals surface area contributed by atoms with E-state index in [-0.39, 0.29) is 5.92 Å². The summed E-state index contributed by atoms with van der Waals surface area (Å²) in [5.41, 5.74) is 1.01. The van der Waals surface area contributed by atoms with E-state index < -0.39 is 5.97 Å². The lowest BCUT2D eigenvalue weighted by atomic mass is 9.82. The molecule has 18 heavy (non-hydrogen) atoms. The van der Waals surface area contributed by atoms with Gasteiger partial charge in [-0.3, -0.25) is 14.8 Å². The molecular weight excluding hydrogens is 228 g/mol. The maximum atomic E-state index is 10.8. The summed E-state index contributed by atoms with van der Waals surface area (Å²) in [4.78, 5) is 19.3. The molecule has 1 aromatic heterocycles. The Labute approximate surface area is 107 Å². The largest absolute Gasteiger partial charge is 0.481 e. The van der Waals surface area contributed by atoms with Crippen LogP contribution in [0.5, 0.6) is 0 Å². The quantitative estimate of drug-likeness (QED) is 0.830. The third-order valence-electron chi connectivity index (χ3n) is 3.48. The van der Waals surface area contributed by atoms with Crippen LogP contribution < -0.4 is 0 Å². The minimum atomic E-state index is -0.646. The summed E-state index contributed by atoms with van der Waals surface area (Å²) >= 11 is 0. The SMILES string of the molecule is O=C(O)C1CCC(CN=Cc2cccnc2)CC1. The van der Waals surface area contributed by atoms with Gasteiger partial charge in [-0.15, -0.1) is 0 Å². The van der Waals surface area contributed by atoms with Gasteiger partial charge in [0.05, 0.1) is 5.92 Å². The Hall–Kier alpha value is -1.71. The highest BCUT2D eigenvalue weighted by atomic mass is 16.4. The molecule has 0 radical (unpaired) electrons. The van der Waals surface area contributed by atoms with E-state index >= 15 is 0 Å². The summed E-state index contributed by atoms with van der Waals surface area (Å²) in [6.07, 6.45) is 8.90. The van der Waals surface area contributed by atoms with Crippen molar-refractivity contribution in [2.45, 2.75) is 25.7 Å². The molecule has 1 fully saturated rings. The maximum absolute atomic E-state index is 10.8. The molecule has 1 aliphatic carbocycles. The predicted octanol–water partition coefficient (Wildman–Crippen LogP) is 2.39.